The highest BCUT2D eigenvalue weighted by molar-refractivity contribution is 9.09. The maximum absolute atomic E-state index is 11.4. The first-order chi connectivity index (χ1) is 6.09. The van der Waals surface area contributed by atoms with Gasteiger partial charge in [-0.05, 0) is 19.8 Å². The lowest BCUT2D eigenvalue weighted by Crippen LogP contribution is -2.37. The van der Waals surface area contributed by atoms with Gasteiger partial charge >= 0.3 is 0 Å². The fourth-order valence-corrected chi connectivity index (χ4v) is 1.51. The van der Waals surface area contributed by atoms with E-state index in [4.69, 9.17) is 4.74 Å². The van der Waals surface area contributed by atoms with Gasteiger partial charge in [-0.2, -0.15) is 0 Å². The van der Waals surface area contributed by atoms with Gasteiger partial charge in [0.2, 0.25) is 5.91 Å². The maximum Gasteiger partial charge on any atom is 0.249 e. The predicted molar refractivity (Wildman–Crippen MR) is 55.0 cm³/mol. The van der Waals surface area contributed by atoms with Crippen LogP contribution in [0.15, 0.2) is 0 Å². The number of carbonyl (C=O) groups excluding carboxylic acids is 1. The van der Waals surface area contributed by atoms with Gasteiger partial charge in [-0.25, -0.2) is 0 Å². The molecule has 0 aromatic carbocycles. The van der Waals surface area contributed by atoms with Crippen molar-refractivity contribution in [1.29, 1.82) is 0 Å². The molecule has 1 rings (SSSR count). The van der Waals surface area contributed by atoms with Gasteiger partial charge < -0.3 is 10.1 Å². The van der Waals surface area contributed by atoms with Crippen molar-refractivity contribution < 1.29 is 9.53 Å². The van der Waals surface area contributed by atoms with Crippen molar-refractivity contribution >= 4 is 21.8 Å². The van der Waals surface area contributed by atoms with Crippen LogP contribution in [0.25, 0.3) is 0 Å². The molecule has 1 amide bonds. The largest absolute Gasteiger partial charge is 0.365 e. The smallest absolute Gasteiger partial charge is 0.249 e. The fourth-order valence-electron chi connectivity index (χ4n) is 1.35. The van der Waals surface area contributed by atoms with Crippen molar-refractivity contribution in [2.24, 2.45) is 0 Å². The zero-order chi connectivity index (χ0) is 9.84. The number of rotatable bonds is 3. The molecule has 76 valence electrons. The zero-order valence-electron chi connectivity index (χ0n) is 8.05. The van der Waals surface area contributed by atoms with E-state index in [-0.39, 0.29) is 18.1 Å². The molecule has 0 bridgehead atoms. The lowest BCUT2D eigenvalue weighted by molar-refractivity contribution is -0.131. The van der Waals surface area contributed by atoms with E-state index < -0.39 is 0 Å². The summed E-state index contributed by atoms with van der Waals surface area (Å²) in [5, 5.41) is 2.83. The van der Waals surface area contributed by atoms with E-state index in [0.717, 1.165) is 12.8 Å². The van der Waals surface area contributed by atoms with E-state index >= 15 is 0 Å². The highest BCUT2D eigenvalue weighted by Gasteiger charge is 2.27. The number of ether oxygens (including phenoxy) is 1. The van der Waals surface area contributed by atoms with E-state index in [1.165, 1.54) is 0 Å². The predicted octanol–water partition coefficient (Wildman–Crippen LogP) is 1.45. The van der Waals surface area contributed by atoms with E-state index in [9.17, 15) is 4.79 Å². The molecular formula is C9H16BrNO2. The van der Waals surface area contributed by atoms with Crippen LogP contribution in [0.3, 0.4) is 0 Å². The summed E-state index contributed by atoms with van der Waals surface area (Å²) in [4.78, 5) is 11.8. The van der Waals surface area contributed by atoms with Crippen LogP contribution in [0.4, 0.5) is 0 Å². The lowest BCUT2D eigenvalue weighted by Gasteiger charge is -2.12. The van der Waals surface area contributed by atoms with Gasteiger partial charge in [0.1, 0.15) is 6.10 Å². The molecule has 1 aliphatic rings. The molecule has 1 aliphatic heterocycles. The SMILES string of the molecule is CC(Br)CNC(=O)C1CCC(C)O1. The molecule has 0 aromatic heterocycles. The first-order valence-electron chi connectivity index (χ1n) is 4.67. The van der Waals surface area contributed by atoms with Crippen LogP contribution in [0.2, 0.25) is 0 Å². The minimum atomic E-state index is -0.221. The highest BCUT2D eigenvalue weighted by atomic mass is 79.9. The molecule has 3 unspecified atom stereocenters. The number of hydrogen-bond donors (Lipinski definition) is 1. The molecule has 1 heterocycles. The first-order valence-corrected chi connectivity index (χ1v) is 5.58. The van der Waals surface area contributed by atoms with E-state index in [1.54, 1.807) is 0 Å². The van der Waals surface area contributed by atoms with E-state index in [1.807, 2.05) is 13.8 Å². The Morgan fingerprint density at radius 3 is 2.85 bits per heavy atom. The Morgan fingerprint density at radius 1 is 1.69 bits per heavy atom. The zero-order valence-corrected chi connectivity index (χ0v) is 9.63. The number of halogens is 1. The minimum absolute atomic E-state index is 0.0238. The quantitative estimate of drug-likeness (QED) is 0.770. The Hall–Kier alpha value is -0.0900. The van der Waals surface area contributed by atoms with E-state index in [0.29, 0.717) is 11.4 Å². The van der Waals surface area contributed by atoms with Crippen LogP contribution in [-0.4, -0.2) is 29.5 Å². The van der Waals surface area contributed by atoms with Crippen LogP contribution in [0, 0.1) is 0 Å². The van der Waals surface area contributed by atoms with Crippen LogP contribution in [0.1, 0.15) is 26.7 Å². The summed E-state index contributed by atoms with van der Waals surface area (Å²) in [5.41, 5.74) is 0. The maximum atomic E-state index is 11.4. The minimum Gasteiger partial charge on any atom is -0.365 e. The standard InChI is InChI=1S/C9H16BrNO2/c1-6(10)5-11-9(12)8-4-3-7(2)13-8/h6-8H,3-5H2,1-2H3,(H,11,12). The van der Waals surface area contributed by atoms with Crippen LogP contribution in [-0.2, 0) is 9.53 Å². The molecule has 3 atom stereocenters. The number of amides is 1. The molecular weight excluding hydrogens is 234 g/mol. The topological polar surface area (TPSA) is 38.3 Å². The monoisotopic (exact) mass is 249 g/mol. The summed E-state index contributed by atoms with van der Waals surface area (Å²) >= 11 is 3.37. The number of hydrogen-bond acceptors (Lipinski definition) is 2. The molecule has 0 aromatic rings. The van der Waals surface area contributed by atoms with E-state index in [2.05, 4.69) is 21.2 Å². The Balaban J connectivity index is 2.24. The van der Waals surface area contributed by atoms with Gasteiger partial charge in [0.15, 0.2) is 0 Å². The molecule has 4 heteroatoms. The van der Waals surface area contributed by atoms with Gasteiger partial charge in [-0.1, -0.05) is 22.9 Å². The average molecular weight is 250 g/mol. The Morgan fingerprint density at radius 2 is 2.38 bits per heavy atom. The van der Waals surface area contributed by atoms with Crippen molar-refractivity contribution in [3.8, 4) is 0 Å². The van der Waals surface area contributed by atoms with Gasteiger partial charge in [0, 0.05) is 11.4 Å². The highest BCUT2D eigenvalue weighted by Crippen LogP contribution is 2.18. The molecule has 0 radical (unpaired) electrons. The number of nitrogens with one attached hydrogen (secondary N) is 1. The first kappa shape index (κ1) is 11.0. The lowest BCUT2D eigenvalue weighted by atomic mass is 10.2. The molecule has 1 N–H and O–H groups in total. The summed E-state index contributed by atoms with van der Waals surface area (Å²) in [6, 6.07) is 0. The second kappa shape index (κ2) is 4.96. The fraction of sp³-hybridized carbons (Fsp3) is 0.889. The van der Waals surface area contributed by atoms with Crippen LogP contribution in [0.5, 0.6) is 0 Å². The molecule has 0 spiro atoms. The van der Waals surface area contributed by atoms with Crippen molar-refractivity contribution in [3.05, 3.63) is 0 Å². The number of carbonyl (C=O) groups is 1. The Kier molecular flexibility index (Phi) is 4.19. The van der Waals surface area contributed by atoms with Crippen molar-refractivity contribution in [1.82, 2.24) is 5.32 Å². The van der Waals surface area contributed by atoms with Crippen molar-refractivity contribution in [3.63, 3.8) is 0 Å². The second-order valence-corrected chi connectivity index (χ2v) is 5.10. The Bertz CT molecular complexity index is 184. The molecule has 0 saturated carbocycles. The Labute approximate surface area is 87.3 Å². The summed E-state index contributed by atoms with van der Waals surface area (Å²) in [7, 11) is 0. The summed E-state index contributed by atoms with van der Waals surface area (Å²) in [5.74, 6) is 0.0238. The summed E-state index contributed by atoms with van der Waals surface area (Å²) in [6.07, 6.45) is 1.85. The molecule has 1 saturated heterocycles. The van der Waals surface area contributed by atoms with Crippen molar-refractivity contribution in [2.75, 3.05) is 6.54 Å². The van der Waals surface area contributed by atoms with Gasteiger partial charge in [-0.15, -0.1) is 0 Å². The third-order valence-electron chi connectivity index (χ3n) is 2.08. The molecule has 13 heavy (non-hydrogen) atoms. The van der Waals surface area contributed by atoms with Gasteiger partial charge in [0.25, 0.3) is 0 Å². The van der Waals surface area contributed by atoms with Gasteiger partial charge in [-0.3, -0.25) is 4.79 Å². The number of alkyl halides is 1. The molecule has 1 fully saturated rings. The average Bonchev–Trinajstić information content (AvgIpc) is 2.47. The van der Waals surface area contributed by atoms with Crippen LogP contribution < -0.4 is 5.32 Å². The molecule has 0 aliphatic carbocycles. The van der Waals surface area contributed by atoms with Gasteiger partial charge in [0.05, 0.1) is 6.10 Å². The second-order valence-electron chi connectivity index (χ2n) is 3.54. The normalized spacial score (nSPS) is 30.1. The van der Waals surface area contributed by atoms with Crippen molar-refractivity contribution in [2.45, 2.75) is 43.7 Å². The third-order valence-corrected chi connectivity index (χ3v) is 2.41. The third kappa shape index (κ3) is 3.65. The summed E-state index contributed by atoms with van der Waals surface area (Å²) in [6.45, 7) is 4.66. The van der Waals surface area contributed by atoms with Crippen LogP contribution >= 0.6 is 15.9 Å². The summed E-state index contributed by atoms with van der Waals surface area (Å²) < 4.78 is 5.43. The molecule has 3 nitrogen and oxygen atoms in total.